The summed E-state index contributed by atoms with van der Waals surface area (Å²) in [5, 5.41) is 0. The van der Waals surface area contributed by atoms with Gasteiger partial charge in [-0.2, -0.15) is 6.07 Å². The van der Waals surface area contributed by atoms with E-state index in [1.54, 1.807) is 12.4 Å². The van der Waals surface area contributed by atoms with Gasteiger partial charge in [0.1, 0.15) is 0 Å². The Bertz CT molecular complexity index is 174. The molecule has 1 heterocycles. The molecular weight excluding hydrogens is 119 g/mol. The fraction of sp³-hybridized carbons (Fsp3) is 0.286. The first-order valence-electron chi connectivity index (χ1n) is 2.80. The van der Waals surface area contributed by atoms with E-state index in [1.165, 1.54) is 0 Å². The van der Waals surface area contributed by atoms with E-state index in [2.05, 4.69) is 11.1 Å². The van der Waals surface area contributed by atoms with Crippen LogP contribution in [0.2, 0.25) is 0 Å². The second-order valence-corrected chi connectivity index (χ2v) is 2.02. The summed E-state index contributed by atoms with van der Waals surface area (Å²) in [6.07, 6.45) is 3.42. The van der Waals surface area contributed by atoms with Gasteiger partial charge >= 0.3 is 18.9 Å². The summed E-state index contributed by atoms with van der Waals surface area (Å²) in [6.45, 7) is 0. The maximum absolute atomic E-state index is 3.85. The van der Waals surface area contributed by atoms with Gasteiger partial charge in [0, 0.05) is 14.1 Å². The van der Waals surface area contributed by atoms with Crippen molar-refractivity contribution < 1.29 is 18.9 Å². The molecule has 0 aromatic carbocycles. The Hall–Kier alpha value is -0.453. The summed E-state index contributed by atoms with van der Waals surface area (Å²) < 4.78 is 0. The van der Waals surface area contributed by atoms with Crippen molar-refractivity contribution in [2.24, 2.45) is 0 Å². The van der Waals surface area contributed by atoms with Crippen molar-refractivity contribution in [3.63, 3.8) is 0 Å². The molecule has 0 aliphatic heterocycles. The molecule has 1 rings (SSSR count). The topological polar surface area (TPSA) is 16.1 Å². The summed E-state index contributed by atoms with van der Waals surface area (Å²) in [5.74, 6) is 0. The van der Waals surface area contributed by atoms with Crippen molar-refractivity contribution in [2.75, 3.05) is 19.0 Å². The number of hydrogen-bond donors (Lipinski definition) is 0. The largest absolute Gasteiger partial charge is 1.00 e. The fourth-order valence-corrected chi connectivity index (χ4v) is 0.586. The third-order valence-electron chi connectivity index (χ3n) is 1.09. The molecule has 0 amide bonds. The summed E-state index contributed by atoms with van der Waals surface area (Å²) in [5.41, 5.74) is 1.06. The molecule has 0 radical (unpaired) electrons. The predicted molar refractivity (Wildman–Crippen MR) is 37.4 cm³/mol. The van der Waals surface area contributed by atoms with Crippen LogP contribution in [0.4, 0.5) is 5.69 Å². The summed E-state index contributed by atoms with van der Waals surface area (Å²) in [7, 11) is 3.96. The molecule has 1 aromatic heterocycles. The standard InChI is InChI=1S/C7H9N2.Li/c1-9(2)7-3-5-8-6-4-7;/h3,5-6H,1-2H3;/q-1;+1. The summed E-state index contributed by atoms with van der Waals surface area (Å²) in [4.78, 5) is 5.83. The van der Waals surface area contributed by atoms with Crippen molar-refractivity contribution >= 4 is 5.69 Å². The number of rotatable bonds is 1. The summed E-state index contributed by atoms with van der Waals surface area (Å²) >= 11 is 0. The van der Waals surface area contributed by atoms with Crippen molar-refractivity contribution in [3.05, 3.63) is 24.5 Å². The van der Waals surface area contributed by atoms with E-state index in [0.717, 1.165) is 5.69 Å². The van der Waals surface area contributed by atoms with E-state index >= 15 is 0 Å². The molecule has 0 unspecified atom stereocenters. The number of anilines is 1. The molecular formula is C7H9LiN2. The predicted octanol–water partition coefficient (Wildman–Crippen LogP) is -2.05. The average molecular weight is 128 g/mol. The maximum atomic E-state index is 3.85. The zero-order valence-corrected chi connectivity index (χ0v) is 6.63. The van der Waals surface area contributed by atoms with Crippen molar-refractivity contribution in [3.8, 4) is 0 Å². The smallest absolute Gasteiger partial charge is 0.411 e. The number of hydrogen-bond acceptors (Lipinski definition) is 2. The Morgan fingerprint density at radius 1 is 1.50 bits per heavy atom. The Balaban J connectivity index is 0.000000810. The van der Waals surface area contributed by atoms with E-state index in [1.807, 2.05) is 25.1 Å². The molecule has 0 N–H and O–H groups in total. The Kier molecular flexibility index (Phi) is 4.18. The maximum Gasteiger partial charge on any atom is 1.00 e. The van der Waals surface area contributed by atoms with Gasteiger partial charge < -0.3 is 9.88 Å². The van der Waals surface area contributed by atoms with Crippen molar-refractivity contribution in [1.82, 2.24) is 4.98 Å². The van der Waals surface area contributed by atoms with Gasteiger partial charge in [0.25, 0.3) is 0 Å². The van der Waals surface area contributed by atoms with Gasteiger partial charge in [-0.05, 0) is 0 Å². The Morgan fingerprint density at radius 3 is 2.50 bits per heavy atom. The van der Waals surface area contributed by atoms with Gasteiger partial charge in [0.2, 0.25) is 0 Å². The molecule has 0 spiro atoms. The average Bonchev–Trinajstić information content (AvgIpc) is 1.90. The van der Waals surface area contributed by atoms with Crippen LogP contribution in [0.15, 0.2) is 18.5 Å². The Morgan fingerprint density at radius 2 is 2.20 bits per heavy atom. The van der Waals surface area contributed by atoms with Crippen LogP contribution in [-0.4, -0.2) is 19.1 Å². The molecule has 0 aliphatic carbocycles. The van der Waals surface area contributed by atoms with Crippen LogP contribution in [0, 0.1) is 6.07 Å². The second-order valence-electron chi connectivity index (χ2n) is 2.02. The van der Waals surface area contributed by atoms with Crippen molar-refractivity contribution in [2.45, 2.75) is 0 Å². The van der Waals surface area contributed by atoms with Crippen LogP contribution in [-0.2, 0) is 0 Å². The fourth-order valence-electron chi connectivity index (χ4n) is 0.586. The molecule has 0 atom stereocenters. The zero-order valence-electron chi connectivity index (χ0n) is 6.63. The quantitative estimate of drug-likeness (QED) is 0.320. The molecule has 10 heavy (non-hydrogen) atoms. The molecule has 0 saturated heterocycles. The van der Waals surface area contributed by atoms with E-state index in [9.17, 15) is 0 Å². The molecule has 0 aliphatic rings. The molecule has 0 saturated carbocycles. The minimum atomic E-state index is 0. The molecule has 0 bridgehead atoms. The molecule has 1 aromatic rings. The monoisotopic (exact) mass is 128 g/mol. The van der Waals surface area contributed by atoms with Crippen LogP contribution in [0.5, 0.6) is 0 Å². The molecule has 0 fully saturated rings. The number of nitrogens with zero attached hydrogens (tertiary/aromatic N) is 2. The first-order chi connectivity index (χ1) is 4.30. The van der Waals surface area contributed by atoms with E-state index in [-0.39, 0.29) is 18.9 Å². The Labute approximate surface area is 73.4 Å². The minimum Gasteiger partial charge on any atom is -0.411 e. The molecule has 48 valence electrons. The van der Waals surface area contributed by atoms with Crippen LogP contribution < -0.4 is 23.8 Å². The van der Waals surface area contributed by atoms with Crippen LogP contribution in [0.3, 0.4) is 0 Å². The first-order valence-corrected chi connectivity index (χ1v) is 2.80. The third-order valence-corrected chi connectivity index (χ3v) is 1.09. The zero-order chi connectivity index (χ0) is 6.69. The van der Waals surface area contributed by atoms with Crippen LogP contribution >= 0.6 is 0 Å². The number of pyridine rings is 1. The SMILES string of the molecule is CN(C)c1[c-]cncc1.[Li+]. The molecule has 2 nitrogen and oxygen atoms in total. The first kappa shape index (κ1) is 9.55. The minimum absolute atomic E-state index is 0. The van der Waals surface area contributed by atoms with E-state index in [0.29, 0.717) is 0 Å². The molecule has 3 heteroatoms. The number of aromatic nitrogens is 1. The van der Waals surface area contributed by atoms with Gasteiger partial charge in [-0.3, -0.25) is 0 Å². The van der Waals surface area contributed by atoms with E-state index < -0.39 is 0 Å². The van der Waals surface area contributed by atoms with Crippen LogP contribution in [0.25, 0.3) is 0 Å². The van der Waals surface area contributed by atoms with Gasteiger partial charge in [0.15, 0.2) is 0 Å². The van der Waals surface area contributed by atoms with Gasteiger partial charge in [-0.1, -0.05) is 12.4 Å². The second kappa shape index (κ2) is 4.38. The summed E-state index contributed by atoms with van der Waals surface area (Å²) in [6, 6.07) is 4.90. The van der Waals surface area contributed by atoms with Crippen molar-refractivity contribution in [1.29, 1.82) is 0 Å². The van der Waals surface area contributed by atoms with Gasteiger partial charge in [0.05, 0.1) is 0 Å². The third kappa shape index (κ3) is 2.43. The normalized spacial score (nSPS) is 8.20. The van der Waals surface area contributed by atoms with Crippen LogP contribution in [0.1, 0.15) is 0 Å². The van der Waals surface area contributed by atoms with E-state index in [4.69, 9.17) is 0 Å². The van der Waals surface area contributed by atoms with Gasteiger partial charge in [-0.15, -0.1) is 5.69 Å². The van der Waals surface area contributed by atoms with Gasteiger partial charge in [-0.25, -0.2) is 6.07 Å².